The van der Waals surface area contributed by atoms with Gasteiger partial charge in [0, 0.05) is 5.39 Å². The van der Waals surface area contributed by atoms with Gasteiger partial charge in [-0.2, -0.15) is 10.2 Å². The fourth-order valence-electron chi connectivity index (χ4n) is 2.65. The van der Waals surface area contributed by atoms with Crippen LogP contribution in [0.3, 0.4) is 0 Å². The van der Waals surface area contributed by atoms with Gasteiger partial charge in [-0.05, 0) is 35.7 Å². The van der Waals surface area contributed by atoms with Gasteiger partial charge < -0.3 is 9.47 Å². The first-order valence-corrected chi connectivity index (χ1v) is 9.11. The van der Waals surface area contributed by atoms with Crippen molar-refractivity contribution in [2.75, 3.05) is 13.7 Å². The minimum Gasteiger partial charge on any atom is -0.493 e. The maximum atomic E-state index is 12.4. The van der Waals surface area contributed by atoms with E-state index < -0.39 is 5.91 Å². The van der Waals surface area contributed by atoms with Crippen LogP contribution >= 0.6 is 0 Å². The summed E-state index contributed by atoms with van der Waals surface area (Å²) in [5.74, 6) is 1.09. The Labute approximate surface area is 167 Å². The summed E-state index contributed by atoms with van der Waals surface area (Å²) in [7, 11) is 1.56. The van der Waals surface area contributed by atoms with E-state index >= 15 is 0 Å². The van der Waals surface area contributed by atoms with Crippen molar-refractivity contribution in [1.82, 2.24) is 15.6 Å². The first kappa shape index (κ1) is 20.1. The molecule has 1 aromatic heterocycles. The second-order valence-corrected chi connectivity index (χ2v) is 6.76. The van der Waals surface area contributed by atoms with Gasteiger partial charge in [0.05, 0.1) is 25.3 Å². The summed E-state index contributed by atoms with van der Waals surface area (Å²) in [6.07, 6.45) is 1.49. The van der Waals surface area contributed by atoms with Crippen molar-refractivity contribution in [1.29, 1.82) is 0 Å². The number of nitrogens with zero attached hydrogens (tertiary/aromatic N) is 2. The third-order valence-electron chi connectivity index (χ3n) is 4.05. The van der Waals surface area contributed by atoms with Crippen LogP contribution in [0.2, 0.25) is 0 Å². The van der Waals surface area contributed by atoms with Crippen LogP contribution in [0, 0.1) is 5.92 Å². The van der Waals surface area contributed by atoms with Crippen LogP contribution in [-0.4, -0.2) is 36.0 Å². The fourth-order valence-corrected chi connectivity index (χ4v) is 2.65. The van der Waals surface area contributed by atoms with Crippen molar-refractivity contribution in [2.45, 2.75) is 13.8 Å². The molecule has 0 atom stereocenters. The summed E-state index contributed by atoms with van der Waals surface area (Å²) in [6, 6.07) is 12.1. The summed E-state index contributed by atoms with van der Waals surface area (Å²) in [4.78, 5) is 24.3. The number of hydrazone groups is 1. The fraction of sp³-hybridized carbons (Fsp3) is 0.238. The smallest absolute Gasteiger partial charge is 0.292 e. The number of ether oxygens (including phenoxy) is 2. The summed E-state index contributed by atoms with van der Waals surface area (Å²) >= 11 is 0. The van der Waals surface area contributed by atoms with Crippen LogP contribution in [0.4, 0.5) is 0 Å². The van der Waals surface area contributed by atoms with E-state index in [0.717, 1.165) is 5.56 Å². The molecule has 0 fully saturated rings. The number of benzene rings is 2. The van der Waals surface area contributed by atoms with Crippen molar-refractivity contribution in [3.8, 4) is 11.5 Å². The lowest BCUT2D eigenvalue weighted by Gasteiger charge is -2.12. The molecule has 3 rings (SSSR count). The largest absolute Gasteiger partial charge is 0.493 e. The third kappa shape index (κ3) is 4.78. The SMILES string of the molecule is COc1cc(/C=N\NC(=O)c2n[nH]c(=O)c3ccccc23)ccc1OCC(C)C. The number of H-pyrrole nitrogens is 1. The van der Waals surface area contributed by atoms with E-state index in [-0.39, 0.29) is 11.3 Å². The van der Waals surface area contributed by atoms with Crippen molar-refractivity contribution in [3.63, 3.8) is 0 Å². The number of aromatic nitrogens is 2. The zero-order valence-corrected chi connectivity index (χ0v) is 16.4. The Hall–Kier alpha value is -3.68. The second kappa shape index (κ2) is 9.01. The van der Waals surface area contributed by atoms with E-state index in [1.165, 1.54) is 6.21 Å². The Morgan fingerprint density at radius 2 is 1.97 bits per heavy atom. The molecule has 0 spiro atoms. The number of rotatable bonds is 7. The number of nitrogens with one attached hydrogen (secondary N) is 2. The average molecular weight is 394 g/mol. The number of aromatic amines is 1. The highest BCUT2D eigenvalue weighted by Crippen LogP contribution is 2.28. The summed E-state index contributed by atoms with van der Waals surface area (Å²) in [5.41, 5.74) is 2.88. The van der Waals surface area contributed by atoms with Crippen LogP contribution in [0.1, 0.15) is 29.9 Å². The van der Waals surface area contributed by atoms with E-state index in [1.54, 1.807) is 43.5 Å². The molecule has 0 saturated heterocycles. The molecule has 1 amide bonds. The summed E-state index contributed by atoms with van der Waals surface area (Å²) < 4.78 is 11.1. The molecule has 2 N–H and O–H groups in total. The van der Waals surface area contributed by atoms with Gasteiger partial charge in [-0.1, -0.05) is 32.0 Å². The highest BCUT2D eigenvalue weighted by Gasteiger charge is 2.13. The first-order valence-electron chi connectivity index (χ1n) is 9.11. The third-order valence-corrected chi connectivity index (χ3v) is 4.05. The molecule has 8 nitrogen and oxygen atoms in total. The molecule has 3 aromatic rings. The molecule has 0 saturated carbocycles. The highest BCUT2D eigenvalue weighted by atomic mass is 16.5. The van der Waals surface area contributed by atoms with E-state index in [1.807, 2.05) is 6.07 Å². The van der Waals surface area contributed by atoms with Gasteiger partial charge in [-0.3, -0.25) is 9.59 Å². The minimum absolute atomic E-state index is 0.0902. The molecule has 0 aliphatic carbocycles. The number of hydrogen-bond acceptors (Lipinski definition) is 6. The first-order chi connectivity index (χ1) is 14.0. The maximum absolute atomic E-state index is 12.4. The maximum Gasteiger partial charge on any atom is 0.292 e. The number of amides is 1. The zero-order chi connectivity index (χ0) is 20.8. The van der Waals surface area contributed by atoms with Gasteiger partial charge >= 0.3 is 0 Å². The monoisotopic (exact) mass is 394 g/mol. The molecule has 0 radical (unpaired) electrons. The van der Waals surface area contributed by atoms with Crippen LogP contribution in [0.25, 0.3) is 10.8 Å². The minimum atomic E-state index is -0.530. The van der Waals surface area contributed by atoms with Gasteiger partial charge in [-0.25, -0.2) is 10.5 Å². The van der Waals surface area contributed by atoms with Gasteiger partial charge in [-0.15, -0.1) is 0 Å². The number of carbonyl (C=O) groups is 1. The van der Waals surface area contributed by atoms with Crippen molar-refractivity contribution >= 4 is 22.9 Å². The van der Waals surface area contributed by atoms with E-state index in [2.05, 4.69) is 34.6 Å². The topological polar surface area (TPSA) is 106 Å². The molecular weight excluding hydrogens is 372 g/mol. The molecule has 150 valence electrons. The number of fused-ring (bicyclic) bond motifs is 1. The van der Waals surface area contributed by atoms with Crippen molar-refractivity contribution in [2.24, 2.45) is 11.0 Å². The number of carbonyl (C=O) groups excluding carboxylic acids is 1. The Morgan fingerprint density at radius 3 is 2.69 bits per heavy atom. The summed E-state index contributed by atoms with van der Waals surface area (Å²) in [6.45, 7) is 4.72. The molecule has 8 heteroatoms. The van der Waals surface area contributed by atoms with Gasteiger partial charge in [0.25, 0.3) is 11.5 Å². The molecule has 1 heterocycles. The normalized spacial score (nSPS) is 11.2. The molecular formula is C21H22N4O4. The number of methoxy groups -OCH3 is 1. The van der Waals surface area contributed by atoms with Gasteiger partial charge in [0.1, 0.15) is 0 Å². The van der Waals surface area contributed by atoms with Gasteiger partial charge in [0.2, 0.25) is 0 Å². The van der Waals surface area contributed by atoms with Crippen LogP contribution in [0.15, 0.2) is 52.4 Å². The number of hydrogen-bond donors (Lipinski definition) is 2. The molecule has 29 heavy (non-hydrogen) atoms. The van der Waals surface area contributed by atoms with E-state index in [0.29, 0.717) is 34.8 Å². The lowest BCUT2D eigenvalue weighted by molar-refractivity contribution is 0.0951. The molecule has 0 aliphatic heterocycles. The van der Waals surface area contributed by atoms with Crippen LogP contribution in [-0.2, 0) is 0 Å². The highest BCUT2D eigenvalue weighted by molar-refractivity contribution is 6.04. The average Bonchev–Trinajstić information content (AvgIpc) is 2.73. The zero-order valence-electron chi connectivity index (χ0n) is 16.4. The molecule has 2 aromatic carbocycles. The lowest BCUT2D eigenvalue weighted by atomic mass is 10.1. The Bertz CT molecular complexity index is 1110. The molecule has 0 bridgehead atoms. The van der Waals surface area contributed by atoms with Crippen molar-refractivity contribution in [3.05, 3.63) is 64.1 Å². The standard InChI is InChI=1S/C21H22N4O4/c1-13(2)12-29-17-9-8-14(10-18(17)28-3)11-22-24-21(27)19-15-6-4-5-7-16(15)20(26)25-23-19/h4-11,13H,12H2,1-3H3,(H,24,27)(H,25,26)/b22-11-. The lowest BCUT2D eigenvalue weighted by Crippen LogP contribution is -2.22. The Balaban J connectivity index is 1.74. The molecule has 0 unspecified atom stereocenters. The Kier molecular flexibility index (Phi) is 6.23. The van der Waals surface area contributed by atoms with Crippen LogP contribution in [0.5, 0.6) is 11.5 Å². The van der Waals surface area contributed by atoms with Crippen LogP contribution < -0.4 is 20.5 Å². The van der Waals surface area contributed by atoms with E-state index in [4.69, 9.17) is 9.47 Å². The Morgan fingerprint density at radius 1 is 1.21 bits per heavy atom. The quantitative estimate of drug-likeness (QED) is 0.473. The van der Waals surface area contributed by atoms with Crippen molar-refractivity contribution < 1.29 is 14.3 Å². The summed E-state index contributed by atoms with van der Waals surface area (Å²) in [5, 5.41) is 11.0. The predicted octanol–water partition coefficient (Wildman–Crippen LogP) is 2.73. The predicted molar refractivity (Wildman–Crippen MR) is 111 cm³/mol. The second-order valence-electron chi connectivity index (χ2n) is 6.76. The van der Waals surface area contributed by atoms with E-state index in [9.17, 15) is 9.59 Å². The molecule has 0 aliphatic rings. The van der Waals surface area contributed by atoms with Gasteiger partial charge in [0.15, 0.2) is 17.2 Å².